The molecule has 1 unspecified atom stereocenters. The zero-order valence-corrected chi connectivity index (χ0v) is 10.7. The summed E-state index contributed by atoms with van der Waals surface area (Å²) in [4.78, 5) is 0. The first-order valence-corrected chi connectivity index (χ1v) is 6.57. The van der Waals surface area contributed by atoms with Gasteiger partial charge in [0, 0.05) is 12.5 Å². The Morgan fingerprint density at radius 2 is 2.00 bits per heavy atom. The standard InChI is InChI=1S/C14H14NOS/c1-10-9-17-14-11(2)16-13(8-15(10)14)12-6-4-3-5-7-12/h3-9,11H,1-2H3/q+1. The van der Waals surface area contributed by atoms with Crippen LogP contribution in [-0.4, -0.2) is 0 Å². The van der Waals surface area contributed by atoms with E-state index in [9.17, 15) is 0 Å². The number of nitrogens with zero attached hydrogens (tertiary/aromatic N) is 1. The lowest BCUT2D eigenvalue weighted by Gasteiger charge is -2.17. The summed E-state index contributed by atoms with van der Waals surface area (Å²) in [5.41, 5.74) is 2.39. The van der Waals surface area contributed by atoms with Gasteiger partial charge in [0.15, 0.2) is 17.6 Å². The van der Waals surface area contributed by atoms with Gasteiger partial charge in [0.05, 0.1) is 5.38 Å². The second kappa shape index (κ2) is 4.00. The highest BCUT2D eigenvalue weighted by atomic mass is 32.1. The summed E-state index contributed by atoms with van der Waals surface area (Å²) in [6.07, 6.45) is 2.20. The average Bonchev–Trinajstić information content (AvgIpc) is 2.73. The number of hydrogen-bond acceptors (Lipinski definition) is 2. The van der Waals surface area contributed by atoms with Gasteiger partial charge in [0.2, 0.25) is 6.20 Å². The second-order valence-electron chi connectivity index (χ2n) is 4.20. The molecular formula is C14H14NOS+. The van der Waals surface area contributed by atoms with Gasteiger partial charge in [0.1, 0.15) is 0 Å². The highest BCUT2D eigenvalue weighted by Crippen LogP contribution is 2.30. The summed E-state index contributed by atoms with van der Waals surface area (Å²) >= 11 is 1.75. The molecule has 3 heteroatoms. The zero-order valence-electron chi connectivity index (χ0n) is 9.88. The minimum absolute atomic E-state index is 0.119. The summed E-state index contributed by atoms with van der Waals surface area (Å²) in [6, 6.07) is 10.2. The summed E-state index contributed by atoms with van der Waals surface area (Å²) in [5.74, 6) is 0.942. The molecule has 0 saturated heterocycles. The minimum atomic E-state index is 0.119. The lowest BCUT2D eigenvalue weighted by Crippen LogP contribution is -2.36. The molecule has 0 bridgehead atoms. The molecule has 1 aliphatic heterocycles. The van der Waals surface area contributed by atoms with Crippen LogP contribution in [0.3, 0.4) is 0 Å². The third-order valence-electron chi connectivity index (χ3n) is 2.92. The quantitative estimate of drug-likeness (QED) is 0.701. The Kier molecular flexibility index (Phi) is 2.48. The SMILES string of the molecule is Cc1csc2[n+]1C=C(c1ccccc1)OC2C. The van der Waals surface area contributed by atoms with E-state index < -0.39 is 0 Å². The Bertz CT molecular complexity index is 571. The summed E-state index contributed by atoms with van der Waals surface area (Å²) < 4.78 is 8.19. The molecule has 0 aliphatic carbocycles. The van der Waals surface area contributed by atoms with Crippen molar-refractivity contribution in [2.24, 2.45) is 0 Å². The van der Waals surface area contributed by atoms with Gasteiger partial charge < -0.3 is 4.74 Å². The summed E-state index contributed by atoms with van der Waals surface area (Å²) in [6.45, 7) is 4.22. The lowest BCUT2D eigenvalue weighted by molar-refractivity contribution is -0.586. The van der Waals surface area contributed by atoms with Gasteiger partial charge in [-0.2, -0.15) is 4.57 Å². The van der Waals surface area contributed by atoms with Gasteiger partial charge in [-0.3, -0.25) is 0 Å². The molecule has 86 valence electrons. The molecular weight excluding hydrogens is 230 g/mol. The number of fused-ring (bicyclic) bond motifs is 1. The molecule has 1 aliphatic rings. The van der Waals surface area contributed by atoms with Crippen molar-refractivity contribution in [3.05, 3.63) is 52.0 Å². The number of hydrogen-bond donors (Lipinski definition) is 0. The number of rotatable bonds is 1. The number of thiazole rings is 1. The van der Waals surface area contributed by atoms with Gasteiger partial charge in [-0.15, -0.1) is 0 Å². The maximum absolute atomic E-state index is 5.96. The molecule has 2 heterocycles. The minimum Gasteiger partial charge on any atom is -0.472 e. The predicted octanol–water partition coefficient (Wildman–Crippen LogP) is 3.39. The molecule has 0 fully saturated rings. The fourth-order valence-corrected chi connectivity index (χ4v) is 2.98. The van der Waals surface area contributed by atoms with Crippen LogP contribution in [0.2, 0.25) is 0 Å². The third kappa shape index (κ3) is 1.76. The van der Waals surface area contributed by atoms with Crippen LogP contribution < -0.4 is 4.57 Å². The van der Waals surface area contributed by atoms with Crippen molar-refractivity contribution in [2.45, 2.75) is 20.0 Å². The second-order valence-corrected chi connectivity index (χ2v) is 5.09. The van der Waals surface area contributed by atoms with Crippen LogP contribution in [0.15, 0.2) is 35.7 Å². The van der Waals surface area contributed by atoms with Crippen molar-refractivity contribution in [3.8, 4) is 0 Å². The Labute approximate surface area is 105 Å². The Hall–Kier alpha value is -1.61. The van der Waals surface area contributed by atoms with E-state index >= 15 is 0 Å². The molecule has 2 aromatic rings. The molecule has 2 nitrogen and oxygen atoms in total. The van der Waals surface area contributed by atoms with Crippen molar-refractivity contribution in [3.63, 3.8) is 0 Å². The van der Waals surface area contributed by atoms with Crippen molar-refractivity contribution in [1.29, 1.82) is 0 Å². The van der Waals surface area contributed by atoms with E-state index in [2.05, 4.69) is 42.1 Å². The number of benzene rings is 1. The largest absolute Gasteiger partial charge is 0.472 e. The summed E-state index contributed by atoms with van der Waals surface area (Å²) in [5, 5.41) is 3.42. The molecule has 0 radical (unpaired) electrons. The fourth-order valence-electron chi connectivity index (χ4n) is 2.02. The van der Waals surface area contributed by atoms with Gasteiger partial charge >= 0.3 is 0 Å². The zero-order chi connectivity index (χ0) is 11.8. The van der Waals surface area contributed by atoms with E-state index in [1.807, 2.05) is 18.2 Å². The average molecular weight is 244 g/mol. The highest BCUT2D eigenvalue weighted by Gasteiger charge is 2.30. The van der Waals surface area contributed by atoms with Gasteiger partial charge in [-0.1, -0.05) is 41.7 Å². The van der Waals surface area contributed by atoms with Crippen molar-refractivity contribution < 1.29 is 9.30 Å². The van der Waals surface area contributed by atoms with Crippen LogP contribution >= 0.6 is 11.3 Å². The molecule has 0 N–H and O–H groups in total. The van der Waals surface area contributed by atoms with E-state index in [1.165, 1.54) is 10.7 Å². The highest BCUT2D eigenvalue weighted by molar-refractivity contribution is 7.09. The van der Waals surface area contributed by atoms with Crippen LogP contribution in [0.4, 0.5) is 0 Å². The fraction of sp³-hybridized carbons (Fsp3) is 0.214. The first-order valence-electron chi connectivity index (χ1n) is 5.69. The van der Waals surface area contributed by atoms with Crippen LogP contribution in [0, 0.1) is 6.92 Å². The Balaban J connectivity index is 2.10. The van der Waals surface area contributed by atoms with Crippen LogP contribution in [0.5, 0.6) is 0 Å². The molecule has 1 aromatic carbocycles. The van der Waals surface area contributed by atoms with Crippen LogP contribution in [0.1, 0.15) is 29.3 Å². The molecule has 0 amide bonds. The topological polar surface area (TPSA) is 13.1 Å². The maximum Gasteiger partial charge on any atom is 0.283 e. The first-order chi connectivity index (χ1) is 8.25. The van der Waals surface area contributed by atoms with Gasteiger partial charge in [-0.05, 0) is 6.92 Å². The van der Waals surface area contributed by atoms with Gasteiger partial charge in [0.25, 0.3) is 5.01 Å². The molecule has 3 rings (SSSR count). The van der Waals surface area contributed by atoms with Gasteiger partial charge in [-0.25, -0.2) is 0 Å². The third-order valence-corrected chi connectivity index (χ3v) is 4.15. The molecule has 0 spiro atoms. The molecule has 0 saturated carbocycles. The Morgan fingerprint density at radius 3 is 2.76 bits per heavy atom. The number of aryl methyl sites for hydroxylation is 1. The monoisotopic (exact) mass is 244 g/mol. The first kappa shape index (κ1) is 10.5. The maximum atomic E-state index is 5.96. The Morgan fingerprint density at radius 1 is 1.24 bits per heavy atom. The number of ether oxygens (including phenoxy) is 1. The van der Waals surface area contributed by atoms with E-state index in [0.717, 1.165) is 11.3 Å². The van der Waals surface area contributed by atoms with E-state index in [4.69, 9.17) is 4.74 Å². The molecule has 1 aromatic heterocycles. The van der Waals surface area contributed by atoms with Crippen molar-refractivity contribution in [1.82, 2.24) is 0 Å². The number of aromatic nitrogens is 1. The predicted molar refractivity (Wildman–Crippen MR) is 69.4 cm³/mol. The summed E-state index contributed by atoms with van der Waals surface area (Å²) in [7, 11) is 0. The normalized spacial score (nSPS) is 18.2. The van der Waals surface area contributed by atoms with Crippen molar-refractivity contribution >= 4 is 23.3 Å². The van der Waals surface area contributed by atoms with Crippen LogP contribution in [0.25, 0.3) is 12.0 Å². The lowest BCUT2D eigenvalue weighted by atomic mass is 10.2. The molecule has 1 atom stereocenters. The van der Waals surface area contributed by atoms with E-state index in [0.29, 0.717) is 0 Å². The van der Waals surface area contributed by atoms with E-state index in [1.54, 1.807) is 11.3 Å². The van der Waals surface area contributed by atoms with Crippen molar-refractivity contribution in [2.75, 3.05) is 0 Å². The van der Waals surface area contributed by atoms with Crippen LogP contribution in [-0.2, 0) is 4.74 Å². The van der Waals surface area contributed by atoms with E-state index in [-0.39, 0.29) is 6.10 Å². The smallest absolute Gasteiger partial charge is 0.283 e. The molecule has 17 heavy (non-hydrogen) atoms.